The Kier molecular flexibility index (Phi) is 5.22. The van der Waals surface area contributed by atoms with E-state index in [-0.39, 0.29) is 5.69 Å². The highest BCUT2D eigenvalue weighted by Gasteiger charge is 2.18. The molecule has 1 aliphatic rings. The largest absolute Gasteiger partial charge is 0.357 e. The number of hydrogen-bond acceptors (Lipinski definition) is 6. The SMILES string of the molecule is O=S(=O)(O)Nc1cccc2c3[nH]c(c12)N=c1[nH]c(c2ccccc12)=Nc1[nH]c(c2ccccc12)N=c1[nH]c(c2ccccc12)=N3. The maximum atomic E-state index is 11.9. The molecule has 0 fully saturated rings. The Morgan fingerprint density at radius 2 is 0.844 bits per heavy atom. The fourth-order valence-corrected chi connectivity index (χ4v) is 6.50. The van der Waals surface area contributed by atoms with Crippen molar-refractivity contribution in [2.24, 2.45) is 20.0 Å². The molecule has 4 aromatic carbocycles. The monoisotopic (exact) mass is 611 g/mol. The van der Waals surface area contributed by atoms with Crippen molar-refractivity contribution in [1.82, 2.24) is 19.9 Å². The molecule has 9 rings (SSSR count). The zero-order valence-corrected chi connectivity index (χ0v) is 23.9. The molecule has 12 nitrogen and oxygen atoms in total. The van der Waals surface area contributed by atoms with Gasteiger partial charge < -0.3 is 19.9 Å². The third kappa shape index (κ3) is 4.06. The molecule has 0 aliphatic carbocycles. The van der Waals surface area contributed by atoms with Crippen LogP contribution in [0.2, 0.25) is 0 Å². The molecule has 6 N–H and O–H groups in total. The predicted molar refractivity (Wildman–Crippen MR) is 172 cm³/mol. The molecule has 5 heterocycles. The summed E-state index contributed by atoms with van der Waals surface area (Å²) in [6.07, 6.45) is 0. The third-order valence-electron chi connectivity index (χ3n) is 7.95. The minimum Gasteiger partial charge on any atom is -0.324 e. The molecule has 13 heteroatoms. The summed E-state index contributed by atoms with van der Waals surface area (Å²) in [4.78, 5) is 33.5. The van der Waals surface area contributed by atoms with Crippen molar-refractivity contribution in [3.8, 4) is 0 Å². The van der Waals surface area contributed by atoms with Crippen LogP contribution in [0.5, 0.6) is 0 Å². The number of rotatable bonds is 2. The molecule has 4 aromatic heterocycles. The normalized spacial score (nSPS) is 13.0. The fourth-order valence-electron chi connectivity index (χ4n) is 6.05. The molecule has 0 unspecified atom stereocenters. The number of H-pyrrole nitrogens is 4. The molecule has 218 valence electrons. The maximum Gasteiger partial charge on any atom is 0.357 e. The van der Waals surface area contributed by atoms with Gasteiger partial charge in [-0.05, 0) is 6.07 Å². The van der Waals surface area contributed by atoms with Gasteiger partial charge in [-0.25, -0.2) is 20.0 Å². The fraction of sp³-hybridized carbons (Fsp3) is 0. The van der Waals surface area contributed by atoms with Crippen molar-refractivity contribution in [2.75, 3.05) is 4.72 Å². The molecule has 0 radical (unpaired) electrons. The van der Waals surface area contributed by atoms with Crippen LogP contribution in [0.4, 0.5) is 29.0 Å². The highest BCUT2D eigenvalue weighted by molar-refractivity contribution is 7.87. The van der Waals surface area contributed by atoms with Gasteiger partial charge in [-0.15, -0.1) is 0 Å². The van der Waals surface area contributed by atoms with Crippen LogP contribution >= 0.6 is 0 Å². The topological polar surface area (TPSA) is 179 Å². The first-order valence-corrected chi connectivity index (χ1v) is 15.4. The van der Waals surface area contributed by atoms with Gasteiger partial charge in [-0.3, -0.25) is 9.27 Å². The van der Waals surface area contributed by atoms with Crippen LogP contribution < -0.4 is 26.7 Å². The smallest absolute Gasteiger partial charge is 0.324 e. The van der Waals surface area contributed by atoms with Crippen molar-refractivity contribution in [2.45, 2.75) is 0 Å². The van der Waals surface area contributed by atoms with E-state index in [0.29, 0.717) is 56.0 Å². The second-order valence-corrected chi connectivity index (χ2v) is 11.8. The molecule has 0 atom stereocenters. The van der Waals surface area contributed by atoms with E-state index in [0.717, 1.165) is 32.3 Å². The van der Waals surface area contributed by atoms with Crippen LogP contribution in [0.25, 0.3) is 43.1 Å². The first-order chi connectivity index (χ1) is 21.9. The maximum absolute atomic E-state index is 11.9. The summed E-state index contributed by atoms with van der Waals surface area (Å²) < 4.78 is 35.8. The Hall–Kier alpha value is -6.05. The van der Waals surface area contributed by atoms with E-state index in [4.69, 9.17) is 20.0 Å². The van der Waals surface area contributed by atoms with Crippen molar-refractivity contribution in [1.29, 1.82) is 0 Å². The molecule has 0 amide bonds. The van der Waals surface area contributed by atoms with E-state index in [1.54, 1.807) is 12.1 Å². The second-order valence-electron chi connectivity index (χ2n) is 10.7. The van der Waals surface area contributed by atoms with E-state index >= 15 is 0 Å². The Balaban J connectivity index is 1.49. The first kappa shape index (κ1) is 25.4. The lowest BCUT2D eigenvalue weighted by Gasteiger charge is -2.04. The Morgan fingerprint density at radius 3 is 1.31 bits per heavy atom. The van der Waals surface area contributed by atoms with Gasteiger partial charge in [-0.2, -0.15) is 8.42 Å². The van der Waals surface area contributed by atoms with Crippen molar-refractivity contribution >= 4 is 82.4 Å². The molecule has 0 spiro atoms. The molecule has 1 aliphatic heterocycles. The number of hydrogen-bond donors (Lipinski definition) is 6. The minimum atomic E-state index is -4.59. The first-order valence-electron chi connectivity index (χ1n) is 14.0. The highest BCUT2D eigenvalue weighted by Crippen LogP contribution is 2.39. The van der Waals surface area contributed by atoms with Gasteiger partial charge in [0.05, 0.1) is 11.1 Å². The molecule has 45 heavy (non-hydrogen) atoms. The van der Waals surface area contributed by atoms with Crippen molar-refractivity contribution < 1.29 is 13.0 Å². The number of nitrogens with one attached hydrogen (secondary N) is 5. The Bertz CT molecular complexity index is 2890. The van der Waals surface area contributed by atoms with Gasteiger partial charge in [0, 0.05) is 37.7 Å². The molecule has 8 aromatic rings. The molecular weight excluding hydrogens is 590 g/mol. The minimum absolute atomic E-state index is 0.141. The molecule has 0 saturated carbocycles. The van der Waals surface area contributed by atoms with Crippen LogP contribution in [0.1, 0.15) is 0 Å². The van der Waals surface area contributed by atoms with Crippen LogP contribution in [0.15, 0.2) is 111 Å². The summed E-state index contributed by atoms with van der Waals surface area (Å²) >= 11 is 0. The number of nitrogens with zero attached hydrogens (tertiary/aromatic N) is 4. The van der Waals surface area contributed by atoms with Crippen LogP contribution in [0.3, 0.4) is 0 Å². The Morgan fingerprint density at radius 1 is 0.467 bits per heavy atom. The predicted octanol–water partition coefficient (Wildman–Crippen LogP) is 4.95. The van der Waals surface area contributed by atoms with E-state index in [9.17, 15) is 13.0 Å². The lowest BCUT2D eigenvalue weighted by atomic mass is 10.1. The number of aromatic amines is 4. The van der Waals surface area contributed by atoms with E-state index < -0.39 is 10.3 Å². The van der Waals surface area contributed by atoms with Crippen LogP contribution in [-0.4, -0.2) is 32.9 Å². The lowest BCUT2D eigenvalue weighted by molar-refractivity contribution is 0.490. The standard InChI is InChI=1S/C32H21N9O3S/c42-45(43,44)41-23-15-7-14-22-24(23)32-39-30-21-13-6-5-12-20(21)28(37-30)35-26-17-9-2-1-8-16(17)25(33-26)34-27-18-10-3-4-11-19(18)29(36-27)38-31(22)40-32/h1-15,41H,(H,42,43,44)(H4,33,34,35,36,37,38,39,40). The quantitative estimate of drug-likeness (QED) is 0.152. The van der Waals surface area contributed by atoms with Gasteiger partial charge in [0.1, 0.15) is 45.2 Å². The second kappa shape index (κ2) is 9.22. The van der Waals surface area contributed by atoms with Crippen LogP contribution in [-0.2, 0) is 10.3 Å². The van der Waals surface area contributed by atoms with Gasteiger partial charge in [0.25, 0.3) is 0 Å². The van der Waals surface area contributed by atoms with Crippen molar-refractivity contribution in [3.63, 3.8) is 0 Å². The lowest BCUT2D eigenvalue weighted by Crippen LogP contribution is -2.11. The summed E-state index contributed by atoms with van der Waals surface area (Å²) in [5.74, 6) is 2.03. The third-order valence-corrected chi connectivity index (χ3v) is 8.43. The van der Waals surface area contributed by atoms with Crippen molar-refractivity contribution in [3.05, 3.63) is 113 Å². The van der Waals surface area contributed by atoms with Gasteiger partial charge in [0.15, 0.2) is 0 Å². The summed E-state index contributed by atoms with van der Waals surface area (Å²) in [5.41, 5.74) is 2.38. The van der Waals surface area contributed by atoms with E-state index in [1.807, 2.05) is 78.9 Å². The van der Waals surface area contributed by atoms with E-state index in [1.165, 1.54) is 0 Å². The summed E-state index contributed by atoms with van der Waals surface area (Å²) in [6.45, 7) is 0. The van der Waals surface area contributed by atoms with Gasteiger partial charge in [-0.1, -0.05) is 84.9 Å². The number of fused-ring (bicyclic) bond motifs is 20. The molecule has 0 saturated heterocycles. The van der Waals surface area contributed by atoms with E-state index in [2.05, 4.69) is 24.7 Å². The average molecular weight is 612 g/mol. The average Bonchev–Trinajstić information content (AvgIpc) is 3.76. The number of benzene rings is 4. The molecule has 8 bridgehead atoms. The zero-order chi connectivity index (χ0) is 30.3. The highest BCUT2D eigenvalue weighted by atomic mass is 32.2. The zero-order valence-electron chi connectivity index (χ0n) is 23.1. The van der Waals surface area contributed by atoms with Gasteiger partial charge >= 0.3 is 10.3 Å². The van der Waals surface area contributed by atoms with Crippen LogP contribution in [0, 0.1) is 0 Å². The summed E-state index contributed by atoms with van der Waals surface area (Å²) in [6, 6.07) is 28.5. The number of aromatic nitrogens is 4. The Labute approximate surface area is 252 Å². The number of anilines is 1. The summed E-state index contributed by atoms with van der Waals surface area (Å²) in [5, 5.41) is 6.19. The molecular formula is C32H21N9O3S. The van der Waals surface area contributed by atoms with Gasteiger partial charge in [0.2, 0.25) is 0 Å². The summed E-state index contributed by atoms with van der Waals surface area (Å²) in [7, 11) is -4.59.